The second-order valence-electron chi connectivity index (χ2n) is 2.90. The second-order valence-corrected chi connectivity index (χ2v) is 5.06. The summed E-state index contributed by atoms with van der Waals surface area (Å²) in [5.41, 5.74) is 0. The van der Waals surface area contributed by atoms with E-state index in [1.165, 1.54) is 29.5 Å². The Kier molecular flexibility index (Phi) is 3.03. The molecule has 0 amide bonds. The van der Waals surface area contributed by atoms with Crippen LogP contribution >= 0.6 is 23.1 Å². The van der Waals surface area contributed by atoms with Crippen LogP contribution in [0.4, 0.5) is 0 Å². The van der Waals surface area contributed by atoms with E-state index in [1.807, 2.05) is 23.3 Å². The Balaban J connectivity index is 1.74. The van der Waals surface area contributed by atoms with Gasteiger partial charge in [0.25, 0.3) is 0 Å². The van der Waals surface area contributed by atoms with Crippen LogP contribution in [0.3, 0.4) is 0 Å². The average molecular weight is 200 g/mol. The van der Waals surface area contributed by atoms with Gasteiger partial charge in [0, 0.05) is 23.4 Å². The fraction of sp³-hybridized carbons (Fsp3) is 0.625. The molecule has 66 valence electrons. The summed E-state index contributed by atoms with van der Waals surface area (Å²) in [6.07, 6.45) is 4.54. The van der Waals surface area contributed by atoms with E-state index < -0.39 is 0 Å². The van der Waals surface area contributed by atoms with Crippen LogP contribution < -0.4 is 5.32 Å². The van der Waals surface area contributed by atoms with Gasteiger partial charge in [-0.2, -0.15) is 0 Å². The molecule has 1 aliphatic heterocycles. The van der Waals surface area contributed by atoms with Crippen molar-refractivity contribution in [3.8, 4) is 0 Å². The largest absolute Gasteiger partial charge is 0.313 e. The van der Waals surface area contributed by atoms with Crippen LogP contribution in [-0.2, 0) is 0 Å². The van der Waals surface area contributed by atoms with Crippen molar-refractivity contribution >= 4 is 23.1 Å². The zero-order valence-electron chi connectivity index (χ0n) is 6.82. The number of aromatic nitrogens is 1. The van der Waals surface area contributed by atoms with E-state index in [-0.39, 0.29) is 0 Å². The maximum Gasteiger partial charge on any atom is 0.149 e. The Morgan fingerprint density at radius 1 is 1.75 bits per heavy atom. The molecule has 2 nitrogen and oxygen atoms in total. The van der Waals surface area contributed by atoms with Gasteiger partial charge >= 0.3 is 0 Å². The van der Waals surface area contributed by atoms with Gasteiger partial charge in [-0.1, -0.05) is 11.8 Å². The van der Waals surface area contributed by atoms with Gasteiger partial charge in [-0.05, 0) is 19.4 Å². The Bertz CT molecular complexity index is 217. The molecule has 2 rings (SSSR count). The Hall–Kier alpha value is -0.0600. The number of hydrogen-bond acceptors (Lipinski definition) is 4. The molecule has 1 aromatic rings. The smallest absolute Gasteiger partial charge is 0.149 e. The fourth-order valence-electron chi connectivity index (χ4n) is 1.35. The number of hydrogen-bond donors (Lipinski definition) is 1. The average Bonchev–Trinajstić information content (AvgIpc) is 2.74. The third kappa shape index (κ3) is 2.21. The van der Waals surface area contributed by atoms with E-state index in [9.17, 15) is 0 Å². The summed E-state index contributed by atoms with van der Waals surface area (Å²) in [5, 5.41) is 5.51. The molecular formula is C8H12N2S2. The van der Waals surface area contributed by atoms with Gasteiger partial charge < -0.3 is 5.32 Å². The van der Waals surface area contributed by atoms with Crippen molar-refractivity contribution in [1.29, 1.82) is 0 Å². The molecule has 1 atom stereocenters. The maximum absolute atomic E-state index is 4.23. The first-order valence-electron chi connectivity index (χ1n) is 4.21. The van der Waals surface area contributed by atoms with Crippen LogP contribution in [0.15, 0.2) is 15.9 Å². The normalized spacial score (nSPS) is 23.2. The number of nitrogens with zero attached hydrogens (tertiary/aromatic N) is 1. The monoisotopic (exact) mass is 200 g/mol. The summed E-state index contributed by atoms with van der Waals surface area (Å²) >= 11 is 3.60. The molecule has 1 aromatic heterocycles. The van der Waals surface area contributed by atoms with E-state index in [0.717, 1.165) is 6.04 Å². The van der Waals surface area contributed by atoms with Crippen molar-refractivity contribution in [1.82, 2.24) is 10.3 Å². The van der Waals surface area contributed by atoms with Gasteiger partial charge in [0.2, 0.25) is 0 Å². The first-order chi connectivity index (χ1) is 5.95. The minimum absolute atomic E-state index is 0.721. The SMILES string of the molecule is c1csc(SC[C@H]2CCCN2)n1. The Morgan fingerprint density at radius 2 is 2.75 bits per heavy atom. The highest BCUT2D eigenvalue weighted by molar-refractivity contribution is 8.01. The molecule has 0 aliphatic carbocycles. The molecular weight excluding hydrogens is 188 g/mol. The standard InChI is InChI=1S/C8H12N2S2/c1-2-7(9-3-1)6-12-8-10-4-5-11-8/h4-5,7,9H,1-3,6H2/t7-/m1/s1. The van der Waals surface area contributed by atoms with Gasteiger partial charge in [-0.3, -0.25) is 0 Å². The zero-order chi connectivity index (χ0) is 8.23. The van der Waals surface area contributed by atoms with Gasteiger partial charge in [-0.25, -0.2) is 4.98 Å². The lowest BCUT2D eigenvalue weighted by molar-refractivity contribution is 0.674. The second kappa shape index (κ2) is 4.25. The quantitative estimate of drug-likeness (QED) is 0.755. The molecule has 12 heavy (non-hydrogen) atoms. The summed E-state index contributed by atoms with van der Waals surface area (Å²) in [5.74, 6) is 1.17. The van der Waals surface area contributed by atoms with E-state index in [4.69, 9.17) is 0 Å². The highest BCUT2D eigenvalue weighted by Crippen LogP contribution is 2.22. The summed E-state index contributed by atoms with van der Waals surface area (Å²) in [7, 11) is 0. The van der Waals surface area contributed by atoms with Crippen LogP contribution in [0.5, 0.6) is 0 Å². The van der Waals surface area contributed by atoms with Gasteiger partial charge in [0.15, 0.2) is 0 Å². The summed E-state index contributed by atoms with van der Waals surface area (Å²) in [4.78, 5) is 4.23. The van der Waals surface area contributed by atoms with Gasteiger partial charge in [0.1, 0.15) is 4.34 Å². The molecule has 0 aromatic carbocycles. The lowest BCUT2D eigenvalue weighted by atomic mass is 10.3. The first kappa shape index (κ1) is 8.53. The van der Waals surface area contributed by atoms with Gasteiger partial charge in [0.05, 0.1) is 0 Å². The van der Waals surface area contributed by atoms with E-state index in [0.29, 0.717) is 0 Å². The molecule has 1 aliphatic rings. The Labute approximate surface area is 80.8 Å². The summed E-state index contributed by atoms with van der Waals surface area (Å²) < 4.78 is 1.20. The molecule has 0 radical (unpaired) electrons. The predicted octanol–water partition coefficient (Wildman–Crippen LogP) is 1.99. The first-order valence-corrected chi connectivity index (χ1v) is 6.07. The third-order valence-electron chi connectivity index (χ3n) is 1.98. The minimum Gasteiger partial charge on any atom is -0.313 e. The van der Waals surface area contributed by atoms with Gasteiger partial charge in [-0.15, -0.1) is 11.3 Å². The van der Waals surface area contributed by atoms with Crippen molar-refractivity contribution in [3.63, 3.8) is 0 Å². The van der Waals surface area contributed by atoms with Crippen molar-refractivity contribution in [2.75, 3.05) is 12.3 Å². The molecule has 0 spiro atoms. The van der Waals surface area contributed by atoms with E-state index in [2.05, 4.69) is 10.3 Å². The van der Waals surface area contributed by atoms with E-state index >= 15 is 0 Å². The van der Waals surface area contributed by atoms with Crippen molar-refractivity contribution in [2.24, 2.45) is 0 Å². The number of nitrogens with one attached hydrogen (secondary N) is 1. The van der Waals surface area contributed by atoms with Crippen molar-refractivity contribution in [3.05, 3.63) is 11.6 Å². The highest BCUT2D eigenvalue weighted by Gasteiger charge is 2.14. The van der Waals surface area contributed by atoms with E-state index in [1.54, 1.807) is 11.3 Å². The summed E-state index contributed by atoms with van der Waals surface area (Å²) in [6, 6.07) is 0.721. The molecule has 0 unspecified atom stereocenters. The number of rotatable bonds is 3. The third-order valence-corrected chi connectivity index (χ3v) is 4.11. The summed E-state index contributed by atoms with van der Waals surface area (Å²) in [6.45, 7) is 1.20. The Morgan fingerprint density at radius 3 is 3.42 bits per heavy atom. The maximum atomic E-state index is 4.23. The molecule has 1 saturated heterocycles. The molecule has 1 N–H and O–H groups in total. The molecule has 2 heterocycles. The van der Waals surface area contributed by atoms with Crippen molar-refractivity contribution < 1.29 is 0 Å². The zero-order valence-corrected chi connectivity index (χ0v) is 8.46. The fourth-order valence-corrected chi connectivity index (χ4v) is 3.12. The number of thioether (sulfide) groups is 1. The predicted molar refractivity (Wildman–Crippen MR) is 53.9 cm³/mol. The lowest BCUT2D eigenvalue weighted by Crippen LogP contribution is -2.23. The van der Waals surface area contributed by atoms with Crippen LogP contribution in [0.1, 0.15) is 12.8 Å². The molecule has 1 fully saturated rings. The lowest BCUT2D eigenvalue weighted by Gasteiger charge is -2.06. The molecule has 0 bridgehead atoms. The number of thiazole rings is 1. The van der Waals surface area contributed by atoms with Crippen LogP contribution in [-0.4, -0.2) is 23.3 Å². The highest BCUT2D eigenvalue weighted by atomic mass is 32.2. The molecule has 4 heteroatoms. The van der Waals surface area contributed by atoms with Crippen LogP contribution in [0, 0.1) is 0 Å². The molecule has 0 saturated carbocycles. The van der Waals surface area contributed by atoms with Crippen LogP contribution in [0.2, 0.25) is 0 Å². The minimum atomic E-state index is 0.721. The topological polar surface area (TPSA) is 24.9 Å². The van der Waals surface area contributed by atoms with Crippen LogP contribution in [0.25, 0.3) is 0 Å². The van der Waals surface area contributed by atoms with Crippen molar-refractivity contribution in [2.45, 2.75) is 23.2 Å².